The maximum atomic E-state index is 13.7. The van der Waals surface area contributed by atoms with Gasteiger partial charge in [0.15, 0.2) is 0 Å². The second-order valence-corrected chi connectivity index (χ2v) is 8.75. The summed E-state index contributed by atoms with van der Waals surface area (Å²) in [6.45, 7) is 1.65. The van der Waals surface area contributed by atoms with E-state index >= 15 is 0 Å². The third-order valence-corrected chi connectivity index (χ3v) is 6.37. The van der Waals surface area contributed by atoms with Crippen LogP contribution in [-0.4, -0.2) is 28.5 Å². The van der Waals surface area contributed by atoms with Crippen molar-refractivity contribution in [2.75, 3.05) is 9.91 Å². The van der Waals surface area contributed by atoms with Crippen LogP contribution in [0.1, 0.15) is 11.1 Å². The number of nitro groups is 1. The Kier molecular flexibility index (Phi) is 5.05. The number of amides is 2. The molecule has 0 saturated carbocycles. The maximum Gasteiger partial charge on any atom is 0.269 e. The third-order valence-electron chi connectivity index (χ3n) is 5.84. The van der Waals surface area contributed by atoms with Crippen LogP contribution in [0, 0.1) is 23.0 Å². The monoisotopic (exact) mass is 504 g/mol. The van der Waals surface area contributed by atoms with Gasteiger partial charge in [0.1, 0.15) is 12.0 Å². The van der Waals surface area contributed by atoms with Gasteiger partial charge in [0, 0.05) is 16.6 Å². The lowest BCUT2D eigenvalue weighted by Gasteiger charge is -2.22. The molecule has 2 heterocycles. The SMILES string of the molecule is Cc1cc([N+](=O)[O-])ccc1N1C(=O)[C@H]2C(c3ccc(Br)cc3)=NN(c3ccccc3)[C@H]2C1=O. The third kappa shape index (κ3) is 3.41. The van der Waals surface area contributed by atoms with E-state index in [-0.39, 0.29) is 5.69 Å². The number of carbonyl (C=O) groups excluding carboxylic acids is 2. The van der Waals surface area contributed by atoms with Crippen molar-refractivity contribution >= 4 is 50.5 Å². The molecule has 0 radical (unpaired) electrons. The first kappa shape index (κ1) is 21.0. The Morgan fingerprint density at radius 2 is 1.67 bits per heavy atom. The summed E-state index contributed by atoms with van der Waals surface area (Å²) in [5.41, 5.74) is 2.67. The van der Waals surface area contributed by atoms with E-state index in [1.54, 1.807) is 11.9 Å². The first-order chi connectivity index (χ1) is 15.9. The van der Waals surface area contributed by atoms with Crippen LogP contribution >= 0.6 is 15.9 Å². The Bertz CT molecular complexity index is 1320. The molecule has 33 heavy (non-hydrogen) atoms. The molecular weight excluding hydrogens is 488 g/mol. The zero-order chi connectivity index (χ0) is 23.3. The number of aryl methyl sites for hydroxylation is 1. The van der Waals surface area contributed by atoms with Crippen molar-refractivity contribution < 1.29 is 14.5 Å². The largest absolute Gasteiger partial charge is 0.273 e. The Morgan fingerprint density at radius 3 is 2.30 bits per heavy atom. The highest BCUT2D eigenvalue weighted by atomic mass is 79.9. The number of para-hydroxylation sites is 1. The minimum Gasteiger partial charge on any atom is -0.273 e. The maximum absolute atomic E-state index is 13.7. The molecular formula is C24H17BrN4O4. The summed E-state index contributed by atoms with van der Waals surface area (Å²) in [5.74, 6) is -1.61. The first-order valence-electron chi connectivity index (χ1n) is 10.2. The highest BCUT2D eigenvalue weighted by Gasteiger charge is 2.57. The fourth-order valence-corrected chi connectivity index (χ4v) is 4.57. The molecule has 8 nitrogen and oxygen atoms in total. The van der Waals surface area contributed by atoms with E-state index in [9.17, 15) is 19.7 Å². The van der Waals surface area contributed by atoms with Crippen molar-refractivity contribution in [2.24, 2.45) is 11.0 Å². The van der Waals surface area contributed by atoms with Crippen molar-refractivity contribution in [3.63, 3.8) is 0 Å². The lowest BCUT2D eigenvalue weighted by atomic mass is 9.93. The van der Waals surface area contributed by atoms with Crippen LogP contribution in [-0.2, 0) is 9.59 Å². The number of non-ortho nitro benzene ring substituents is 1. The summed E-state index contributed by atoms with van der Waals surface area (Å²) < 4.78 is 0.887. The standard InChI is InChI=1S/C24H17BrN4O4/c1-14-13-18(29(32)33)11-12-19(14)27-23(30)20-21(15-7-9-16(25)10-8-15)26-28(22(20)24(27)31)17-5-3-2-4-6-17/h2-13,20,22H,1H3/t20-,22+/m0/s1. The number of nitro benzene ring substituents is 1. The highest BCUT2D eigenvalue weighted by Crippen LogP contribution is 2.40. The predicted molar refractivity (Wildman–Crippen MR) is 127 cm³/mol. The number of fused-ring (bicyclic) bond motifs is 1. The van der Waals surface area contributed by atoms with E-state index in [1.165, 1.54) is 18.2 Å². The fraction of sp³-hybridized carbons (Fsp3) is 0.125. The molecule has 3 aromatic rings. The van der Waals surface area contributed by atoms with Crippen LogP contribution in [0.3, 0.4) is 0 Å². The Hall–Kier alpha value is -3.85. The summed E-state index contributed by atoms with van der Waals surface area (Å²) in [5, 5.41) is 17.4. The van der Waals surface area contributed by atoms with E-state index in [0.717, 1.165) is 14.9 Å². The molecule has 9 heteroatoms. The molecule has 0 spiro atoms. The van der Waals surface area contributed by atoms with Gasteiger partial charge in [0.25, 0.3) is 11.6 Å². The van der Waals surface area contributed by atoms with E-state index < -0.39 is 28.7 Å². The van der Waals surface area contributed by atoms with Crippen LogP contribution < -0.4 is 9.91 Å². The van der Waals surface area contributed by atoms with E-state index in [0.29, 0.717) is 22.6 Å². The zero-order valence-electron chi connectivity index (χ0n) is 17.4. The average Bonchev–Trinajstić information content (AvgIpc) is 3.32. The predicted octanol–water partition coefficient (Wildman–Crippen LogP) is 4.45. The van der Waals surface area contributed by atoms with Gasteiger partial charge in [-0.3, -0.25) is 24.7 Å². The minimum atomic E-state index is -0.840. The van der Waals surface area contributed by atoms with Crippen molar-refractivity contribution in [3.8, 4) is 0 Å². The average molecular weight is 505 g/mol. The molecule has 0 aromatic heterocycles. The van der Waals surface area contributed by atoms with Gasteiger partial charge in [0.05, 0.1) is 22.0 Å². The first-order valence-corrected chi connectivity index (χ1v) is 11.0. The van der Waals surface area contributed by atoms with E-state index in [1.807, 2.05) is 54.6 Å². The quantitative estimate of drug-likeness (QED) is 0.297. The summed E-state index contributed by atoms with van der Waals surface area (Å²) in [6, 6.07) is 19.9. The molecule has 3 aromatic carbocycles. The van der Waals surface area contributed by atoms with Crippen molar-refractivity contribution in [1.82, 2.24) is 0 Å². The topological polar surface area (TPSA) is 96.1 Å². The second kappa shape index (κ2) is 7.93. The van der Waals surface area contributed by atoms with E-state index in [2.05, 4.69) is 15.9 Å². The lowest BCUT2D eigenvalue weighted by molar-refractivity contribution is -0.384. The van der Waals surface area contributed by atoms with Gasteiger partial charge in [-0.05, 0) is 48.4 Å². The van der Waals surface area contributed by atoms with Crippen LogP contribution in [0.15, 0.2) is 82.4 Å². The van der Waals surface area contributed by atoms with Crippen LogP contribution in [0.4, 0.5) is 17.1 Å². The Morgan fingerprint density at radius 1 is 0.970 bits per heavy atom. The van der Waals surface area contributed by atoms with Gasteiger partial charge in [-0.15, -0.1) is 0 Å². The minimum absolute atomic E-state index is 0.0986. The number of benzene rings is 3. The molecule has 1 fully saturated rings. The second-order valence-electron chi connectivity index (χ2n) is 7.83. The van der Waals surface area contributed by atoms with E-state index in [4.69, 9.17) is 5.10 Å². The molecule has 2 amide bonds. The van der Waals surface area contributed by atoms with Crippen molar-refractivity contribution in [1.29, 1.82) is 0 Å². The van der Waals surface area contributed by atoms with Crippen LogP contribution in [0.5, 0.6) is 0 Å². The molecule has 2 aliphatic rings. The van der Waals surface area contributed by atoms with Crippen molar-refractivity contribution in [2.45, 2.75) is 13.0 Å². The van der Waals surface area contributed by atoms with Gasteiger partial charge in [0.2, 0.25) is 5.91 Å². The number of halogens is 1. The van der Waals surface area contributed by atoms with Crippen LogP contribution in [0.25, 0.3) is 0 Å². The smallest absolute Gasteiger partial charge is 0.269 e. The lowest BCUT2D eigenvalue weighted by Crippen LogP contribution is -2.39. The summed E-state index contributed by atoms with van der Waals surface area (Å²) in [7, 11) is 0. The van der Waals surface area contributed by atoms with Gasteiger partial charge in [-0.2, -0.15) is 5.10 Å². The summed E-state index contributed by atoms with van der Waals surface area (Å²) >= 11 is 3.42. The molecule has 0 aliphatic carbocycles. The van der Waals surface area contributed by atoms with Gasteiger partial charge in [-0.1, -0.05) is 46.3 Å². The number of anilines is 2. The number of rotatable bonds is 4. The summed E-state index contributed by atoms with van der Waals surface area (Å²) in [6.07, 6.45) is 0. The zero-order valence-corrected chi connectivity index (χ0v) is 19.0. The van der Waals surface area contributed by atoms with Gasteiger partial charge < -0.3 is 0 Å². The molecule has 2 aliphatic heterocycles. The molecule has 1 saturated heterocycles. The van der Waals surface area contributed by atoms with Gasteiger partial charge in [-0.25, -0.2) is 4.90 Å². The molecule has 164 valence electrons. The number of hydrogen-bond acceptors (Lipinski definition) is 6. The number of nitrogens with zero attached hydrogens (tertiary/aromatic N) is 4. The summed E-state index contributed by atoms with van der Waals surface area (Å²) in [4.78, 5) is 39.0. The fourth-order valence-electron chi connectivity index (χ4n) is 4.31. The normalized spacial score (nSPS) is 19.6. The van der Waals surface area contributed by atoms with Gasteiger partial charge >= 0.3 is 0 Å². The molecule has 0 N–H and O–H groups in total. The number of carbonyl (C=O) groups is 2. The molecule has 0 unspecified atom stereocenters. The number of hydrazone groups is 1. The Balaban J connectivity index is 1.62. The number of imide groups is 1. The number of hydrogen-bond donors (Lipinski definition) is 0. The highest BCUT2D eigenvalue weighted by molar-refractivity contribution is 9.10. The van der Waals surface area contributed by atoms with Crippen molar-refractivity contribution in [3.05, 3.63) is 98.5 Å². The molecule has 0 bridgehead atoms. The molecule has 2 atom stereocenters. The van der Waals surface area contributed by atoms with Crippen LogP contribution in [0.2, 0.25) is 0 Å². The molecule has 5 rings (SSSR count). The Labute approximate surface area is 197 Å².